The zero-order valence-corrected chi connectivity index (χ0v) is 18.7. The predicted molar refractivity (Wildman–Crippen MR) is 124 cm³/mol. The summed E-state index contributed by atoms with van der Waals surface area (Å²) in [4.78, 5) is 32.3. The van der Waals surface area contributed by atoms with E-state index >= 15 is 0 Å². The molecule has 3 atom stereocenters. The van der Waals surface area contributed by atoms with Crippen LogP contribution in [-0.4, -0.2) is 54.7 Å². The maximum Gasteiger partial charge on any atom is 0.410 e. The van der Waals surface area contributed by atoms with Crippen molar-refractivity contribution in [1.82, 2.24) is 21.0 Å². The molecule has 0 saturated carbocycles. The van der Waals surface area contributed by atoms with E-state index in [1.165, 1.54) is 0 Å². The highest BCUT2D eigenvalue weighted by Gasteiger charge is 2.31. The van der Waals surface area contributed by atoms with E-state index in [0.29, 0.717) is 26.2 Å². The highest BCUT2D eigenvalue weighted by molar-refractivity contribution is 5.82. The molecule has 2 saturated heterocycles. The van der Waals surface area contributed by atoms with Crippen molar-refractivity contribution in [3.63, 3.8) is 0 Å². The molecule has 0 aromatic heterocycles. The number of benzene rings is 2. The van der Waals surface area contributed by atoms with Gasteiger partial charge in [-0.05, 0) is 30.4 Å². The van der Waals surface area contributed by atoms with Crippen molar-refractivity contribution >= 4 is 12.0 Å². The third-order valence-corrected chi connectivity index (χ3v) is 6.06. The molecule has 176 valence electrons. The van der Waals surface area contributed by atoms with Crippen molar-refractivity contribution in [2.75, 3.05) is 19.6 Å². The molecule has 2 aliphatic heterocycles. The molecule has 2 fully saturated rings. The highest BCUT2D eigenvalue weighted by Crippen LogP contribution is 2.14. The van der Waals surface area contributed by atoms with Gasteiger partial charge in [-0.25, -0.2) is 4.79 Å². The Morgan fingerprint density at radius 2 is 1.61 bits per heavy atom. The molecule has 8 heteroatoms. The third kappa shape index (κ3) is 7.02. The molecule has 2 aliphatic rings. The molecule has 1 unspecified atom stereocenters. The number of hydrogen-bond acceptors (Lipinski definition) is 6. The predicted octanol–water partition coefficient (Wildman–Crippen LogP) is 2.36. The summed E-state index contributed by atoms with van der Waals surface area (Å²) in [6, 6.07) is 19.5. The van der Waals surface area contributed by atoms with E-state index in [4.69, 9.17) is 9.57 Å². The molecule has 0 bridgehead atoms. The Labute approximate surface area is 194 Å². The van der Waals surface area contributed by atoms with Crippen LogP contribution in [0.3, 0.4) is 0 Å². The van der Waals surface area contributed by atoms with Gasteiger partial charge in [0.05, 0.1) is 12.6 Å². The zero-order chi connectivity index (χ0) is 22.9. The number of hydrogen-bond donors (Lipinski definition) is 3. The van der Waals surface area contributed by atoms with E-state index in [9.17, 15) is 9.59 Å². The topological polar surface area (TPSA) is 91.9 Å². The Hall–Kier alpha value is -2.94. The van der Waals surface area contributed by atoms with E-state index < -0.39 is 0 Å². The first-order valence-corrected chi connectivity index (χ1v) is 11.6. The Kier molecular flexibility index (Phi) is 8.30. The van der Waals surface area contributed by atoms with Crippen LogP contribution in [0.25, 0.3) is 0 Å². The molecule has 2 amide bonds. The number of carbonyl (C=O) groups excluding carboxylic acids is 2. The Morgan fingerprint density at radius 3 is 2.27 bits per heavy atom. The van der Waals surface area contributed by atoms with Crippen LogP contribution in [0.2, 0.25) is 0 Å². The van der Waals surface area contributed by atoms with Gasteiger partial charge < -0.3 is 20.3 Å². The summed E-state index contributed by atoms with van der Waals surface area (Å²) in [6.45, 7) is 2.48. The van der Waals surface area contributed by atoms with Gasteiger partial charge in [0.2, 0.25) is 5.91 Å². The normalized spacial score (nSPS) is 22.7. The summed E-state index contributed by atoms with van der Waals surface area (Å²) in [5.41, 5.74) is 5.16. The van der Waals surface area contributed by atoms with Crippen LogP contribution in [0.5, 0.6) is 0 Å². The lowest BCUT2D eigenvalue weighted by Gasteiger charge is -2.30. The average Bonchev–Trinajstić information content (AvgIpc) is 3.33. The van der Waals surface area contributed by atoms with Crippen LogP contribution in [-0.2, 0) is 27.6 Å². The zero-order valence-electron chi connectivity index (χ0n) is 18.7. The van der Waals surface area contributed by atoms with Crippen LogP contribution >= 0.6 is 0 Å². The van der Waals surface area contributed by atoms with Gasteiger partial charge in [0.1, 0.15) is 6.61 Å². The van der Waals surface area contributed by atoms with Crippen molar-refractivity contribution in [2.45, 2.75) is 50.6 Å². The fourth-order valence-corrected chi connectivity index (χ4v) is 4.15. The molecule has 0 spiro atoms. The quantitative estimate of drug-likeness (QED) is 0.533. The second kappa shape index (κ2) is 11.8. The van der Waals surface area contributed by atoms with Crippen LogP contribution in [0.1, 0.15) is 30.4 Å². The molecule has 0 radical (unpaired) electrons. The molecular weight excluding hydrogens is 420 g/mol. The smallest absolute Gasteiger partial charge is 0.410 e. The van der Waals surface area contributed by atoms with E-state index in [2.05, 4.69) is 16.1 Å². The second-order valence-corrected chi connectivity index (χ2v) is 8.61. The van der Waals surface area contributed by atoms with Crippen molar-refractivity contribution in [3.8, 4) is 0 Å². The molecule has 4 rings (SSSR count). The first-order valence-electron chi connectivity index (χ1n) is 11.6. The lowest BCUT2D eigenvalue weighted by molar-refractivity contribution is -0.124. The number of amides is 2. The molecule has 2 heterocycles. The molecule has 0 aliphatic carbocycles. The molecule has 3 N–H and O–H groups in total. The van der Waals surface area contributed by atoms with E-state index in [0.717, 1.165) is 30.4 Å². The van der Waals surface area contributed by atoms with E-state index in [1.54, 1.807) is 4.90 Å². The van der Waals surface area contributed by atoms with Gasteiger partial charge in [-0.15, -0.1) is 0 Å². The first kappa shape index (κ1) is 23.2. The minimum Gasteiger partial charge on any atom is -0.445 e. The van der Waals surface area contributed by atoms with Gasteiger partial charge in [-0.2, -0.15) is 5.48 Å². The average molecular weight is 453 g/mol. The van der Waals surface area contributed by atoms with E-state index in [-0.39, 0.29) is 36.7 Å². The summed E-state index contributed by atoms with van der Waals surface area (Å²) in [5.74, 6) is -0.0110. The number of nitrogens with one attached hydrogen (secondary N) is 3. The Balaban J connectivity index is 1.11. The minimum atomic E-state index is -0.337. The number of carbonyl (C=O) groups is 2. The maximum absolute atomic E-state index is 12.7. The lowest BCUT2D eigenvalue weighted by Crippen LogP contribution is -2.55. The SMILES string of the molecule is O=C(NC1CCN(C(=O)OCc2ccccc2)C1)[C@@H]1CC[C@@H](NOCc2ccccc2)CN1. The fraction of sp³-hybridized carbons (Fsp3) is 0.440. The Morgan fingerprint density at radius 1 is 0.909 bits per heavy atom. The molecule has 33 heavy (non-hydrogen) atoms. The molecular formula is C25H32N4O4. The summed E-state index contributed by atoms with van der Waals surface area (Å²) >= 11 is 0. The standard InChI is InChI=1S/C25H32N4O4/c30-24(23-12-11-21(15-26-23)28-33-18-20-9-5-2-6-10-20)27-22-13-14-29(16-22)25(31)32-17-19-7-3-1-4-8-19/h1-10,21-23,26,28H,11-18H2,(H,27,30)/t21-,22?,23+/m1/s1. The molecule has 2 aromatic carbocycles. The number of rotatable bonds is 8. The first-order chi connectivity index (χ1) is 16.2. The van der Waals surface area contributed by atoms with Crippen molar-refractivity contribution in [3.05, 3.63) is 71.8 Å². The summed E-state index contributed by atoms with van der Waals surface area (Å²) < 4.78 is 5.40. The number of nitrogens with zero attached hydrogens (tertiary/aromatic N) is 1. The van der Waals surface area contributed by atoms with Crippen molar-refractivity contribution < 1.29 is 19.2 Å². The molecule has 8 nitrogen and oxygen atoms in total. The summed E-state index contributed by atoms with van der Waals surface area (Å²) in [5, 5.41) is 6.39. The van der Waals surface area contributed by atoms with Crippen LogP contribution in [0, 0.1) is 0 Å². The van der Waals surface area contributed by atoms with Gasteiger partial charge >= 0.3 is 6.09 Å². The van der Waals surface area contributed by atoms with Crippen LogP contribution in [0.15, 0.2) is 60.7 Å². The number of hydroxylamine groups is 1. The van der Waals surface area contributed by atoms with Crippen molar-refractivity contribution in [1.29, 1.82) is 0 Å². The van der Waals surface area contributed by atoms with Gasteiger partial charge in [0.15, 0.2) is 0 Å². The van der Waals surface area contributed by atoms with E-state index in [1.807, 2.05) is 60.7 Å². The summed E-state index contributed by atoms with van der Waals surface area (Å²) in [7, 11) is 0. The van der Waals surface area contributed by atoms with Gasteiger partial charge in [-0.3, -0.25) is 9.63 Å². The molecule has 2 aromatic rings. The van der Waals surface area contributed by atoms with Crippen LogP contribution in [0.4, 0.5) is 4.79 Å². The van der Waals surface area contributed by atoms with Crippen LogP contribution < -0.4 is 16.1 Å². The second-order valence-electron chi connectivity index (χ2n) is 8.61. The monoisotopic (exact) mass is 452 g/mol. The number of ether oxygens (including phenoxy) is 1. The lowest BCUT2D eigenvalue weighted by atomic mass is 10.0. The van der Waals surface area contributed by atoms with Gasteiger partial charge in [0, 0.05) is 31.7 Å². The third-order valence-electron chi connectivity index (χ3n) is 6.06. The largest absolute Gasteiger partial charge is 0.445 e. The highest BCUT2D eigenvalue weighted by atomic mass is 16.6. The fourth-order valence-electron chi connectivity index (χ4n) is 4.15. The number of likely N-dealkylation sites (tertiary alicyclic amines) is 1. The summed E-state index contributed by atoms with van der Waals surface area (Å²) in [6.07, 6.45) is 1.97. The Bertz CT molecular complexity index is 888. The van der Waals surface area contributed by atoms with Crippen molar-refractivity contribution in [2.24, 2.45) is 0 Å². The van der Waals surface area contributed by atoms with Gasteiger partial charge in [-0.1, -0.05) is 60.7 Å². The van der Waals surface area contributed by atoms with Gasteiger partial charge in [0.25, 0.3) is 0 Å². The number of piperidine rings is 1. The minimum absolute atomic E-state index is 0.0110. The maximum atomic E-state index is 12.7.